The number of ether oxygens (including phenoxy) is 1. The molecule has 0 atom stereocenters. The normalized spacial score (nSPS) is 23.2. The fraction of sp³-hybridized carbons (Fsp3) is 0.600. The highest BCUT2D eigenvalue weighted by Crippen LogP contribution is 2.35. The van der Waals surface area contributed by atoms with Crippen LogP contribution < -0.4 is 5.32 Å². The number of hydrogen-bond acceptors (Lipinski definition) is 4. The van der Waals surface area contributed by atoms with Crippen molar-refractivity contribution >= 4 is 23.6 Å². The minimum Gasteiger partial charge on any atom is -0.342 e. The van der Waals surface area contributed by atoms with Crippen LogP contribution >= 0.6 is 11.8 Å². The predicted octanol–water partition coefficient (Wildman–Crippen LogP) is 2.51. The molecule has 2 aliphatic heterocycles. The molecular formula is C20H26N2O3S. The van der Waals surface area contributed by atoms with E-state index in [0.717, 1.165) is 6.42 Å². The quantitative estimate of drug-likeness (QED) is 0.826. The number of thioether (sulfide) groups is 1. The molecule has 0 saturated carbocycles. The van der Waals surface area contributed by atoms with E-state index in [0.29, 0.717) is 31.7 Å². The molecule has 1 aromatic carbocycles. The maximum atomic E-state index is 12.6. The Morgan fingerprint density at radius 1 is 1.23 bits per heavy atom. The maximum absolute atomic E-state index is 12.6. The summed E-state index contributed by atoms with van der Waals surface area (Å²) in [6.45, 7) is 4.84. The molecule has 2 fully saturated rings. The Labute approximate surface area is 158 Å². The van der Waals surface area contributed by atoms with E-state index in [1.54, 1.807) is 25.6 Å². The van der Waals surface area contributed by atoms with E-state index in [9.17, 15) is 9.59 Å². The number of aryl methyl sites for hydroxylation is 2. The molecule has 1 aliphatic carbocycles. The standard InChI is InChI=1S/C20H26N2O3S/c1-19(2)18(24)21-20(25-19)8-10-22(11-9-20)17(23)13-26-16-7-6-14-4-3-5-15(14)12-16/h6-7,12H,3-5,8-11,13H2,1-2H3,(H,21,24). The zero-order valence-electron chi connectivity index (χ0n) is 15.5. The first-order valence-electron chi connectivity index (χ1n) is 9.42. The topological polar surface area (TPSA) is 58.6 Å². The molecule has 4 rings (SSSR count). The van der Waals surface area contributed by atoms with Crippen LogP contribution in [0.3, 0.4) is 0 Å². The molecule has 2 saturated heterocycles. The Kier molecular flexibility index (Phi) is 4.51. The van der Waals surface area contributed by atoms with Crippen LogP contribution in [0.15, 0.2) is 23.1 Å². The lowest BCUT2D eigenvalue weighted by atomic mass is 10.0. The van der Waals surface area contributed by atoms with Crippen molar-refractivity contribution in [2.75, 3.05) is 18.8 Å². The number of fused-ring (bicyclic) bond motifs is 1. The molecule has 26 heavy (non-hydrogen) atoms. The highest BCUT2D eigenvalue weighted by atomic mass is 32.2. The SMILES string of the molecule is CC1(C)OC2(CCN(C(=O)CSc3ccc4c(c3)CCC4)CC2)NC1=O. The second kappa shape index (κ2) is 6.57. The van der Waals surface area contributed by atoms with Crippen molar-refractivity contribution in [1.82, 2.24) is 10.2 Å². The van der Waals surface area contributed by atoms with Crippen molar-refractivity contribution in [3.05, 3.63) is 29.3 Å². The van der Waals surface area contributed by atoms with Gasteiger partial charge in [0.1, 0.15) is 11.3 Å². The van der Waals surface area contributed by atoms with Crippen LogP contribution in [0.5, 0.6) is 0 Å². The Balaban J connectivity index is 1.30. The van der Waals surface area contributed by atoms with Crippen molar-refractivity contribution in [3.8, 4) is 0 Å². The Bertz CT molecular complexity index is 739. The Morgan fingerprint density at radius 3 is 2.65 bits per heavy atom. The zero-order valence-corrected chi connectivity index (χ0v) is 16.3. The summed E-state index contributed by atoms with van der Waals surface area (Å²) in [4.78, 5) is 27.7. The van der Waals surface area contributed by atoms with Gasteiger partial charge in [-0.1, -0.05) is 6.07 Å². The summed E-state index contributed by atoms with van der Waals surface area (Å²) >= 11 is 1.62. The van der Waals surface area contributed by atoms with E-state index in [4.69, 9.17) is 4.74 Å². The number of hydrogen-bond donors (Lipinski definition) is 1. The molecule has 1 aromatic rings. The summed E-state index contributed by atoms with van der Waals surface area (Å²) in [6, 6.07) is 6.59. The summed E-state index contributed by atoms with van der Waals surface area (Å²) < 4.78 is 5.99. The molecule has 0 radical (unpaired) electrons. The number of benzene rings is 1. The second-order valence-corrected chi connectivity index (χ2v) is 9.06. The van der Waals surface area contributed by atoms with Crippen LogP contribution in [-0.2, 0) is 27.2 Å². The number of rotatable bonds is 3. The number of carbonyl (C=O) groups excluding carboxylic acids is 2. The molecule has 1 N–H and O–H groups in total. The molecule has 1 spiro atoms. The van der Waals surface area contributed by atoms with Crippen molar-refractivity contribution in [2.45, 2.75) is 62.2 Å². The van der Waals surface area contributed by atoms with Gasteiger partial charge in [0.2, 0.25) is 5.91 Å². The van der Waals surface area contributed by atoms with Gasteiger partial charge in [-0.25, -0.2) is 0 Å². The van der Waals surface area contributed by atoms with Crippen molar-refractivity contribution in [3.63, 3.8) is 0 Å². The van der Waals surface area contributed by atoms with Crippen LogP contribution in [0.25, 0.3) is 0 Å². The molecule has 0 aromatic heterocycles. The second-order valence-electron chi connectivity index (χ2n) is 8.01. The number of carbonyl (C=O) groups is 2. The Hall–Kier alpha value is -1.53. The summed E-state index contributed by atoms with van der Waals surface area (Å²) in [7, 11) is 0. The van der Waals surface area contributed by atoms with E-state index in [1.165, 1.54) is 28.9 Å². The fourth-order valence-corrected chi connectivity index (χ4v) is 5.00. The minimum absolute atomic E-state index is 0.0653. The van der Waals surface area contributed by atoms with Gasteiger partial charge in [-0.3, -0.25) is 9.59 Å². The summed E-state index contributed by atoms with van der Waals surface area (Å²) in [5.74, 6) is 0.559. The maximum Gasteiger partial charge on any atom is 0.253 e. The van der Waals surface area contributed by atoms with Crippen LogP contribution in [0.4, 0.5) is 0 Å². The lowest BCUT2D eigenvalue weighted by Gasteiger charge is -2.39. The van der Waals surface area contributed by atoms with Gasteiger partial charge >= 0.3 is 0 Å². The average molecular weight is 375 g/mol. The monoisotopic (exact) mass is 374 g/mol. The Morgan fingerprint density at radius 2 is 1.96 bits per heavy atom. The highest BCUT2D eigenvalue weighted by molar-refractivity contribution is 8.00. The zero-order chi connectivity index (χ0) is 18.4. The van der Waals surface area contributed by atoms with E-state index in [1.807, 2.05) is 4.90 Å². The summed E-state index contributed by atoms with van der Waals surface area (Å²) in [6.07, 6.45) is 4.89. The van der Waals surface area contributed by atoms with Crippen molar-refractivity contribution in [2.24, 2.45) is 0 Å². The van der Waals surface area contributed by atoms with Crippen LogP contribution in [-0.4, -0.2) is 46.9 Å². The molecule has 3 aliphatic rings. The third kappa shape index (κ3) is 3.37. The molecule has 2 heterocycles. The molecule has 2 amide bonds. The van der Waals surface area contributed by atoms with Crippen LogP contribution in [0.1, 0.15) is 44.2 Å². The number of nitrogens with one attached hydrogen (secondary N) is 1. The number of likely N-dealkylation sites (tertiary alicyclic amines) is 1. The molecule has 0 unspecified atom stereocenters. The van der Waals surface area contributed by atoms with E-state index in [-0.39, 0.29) is 11.8 Å². The fourth-order valence-electron chi connectivity index (χ4n) is 4.14. The molecular weight excluding hydrogens is 348 g/mol. The first-order chi connectivity index (χ1) is 12.4. The van der Waals surface area contributed by atoms with Crippen molar-refractivity contribution < 1.29 is 14.3 Å². The molecule has 0 bridgehead atoms. The van der Waals surface area contributed by atoms with E-state index < -0.39 is 11.3 Å². The van der Waals surface area contributed by atoms with E-state index >= 15 is 0 Å². The highest BCUT2D eigenvalue weighted by Gasteiger charge is 2.51. The van der Waals surface area contributed by atoms with Gasteiger partial charge < -0.3 is 15.0 Å². The van der Waals surface area contributed by atoms with E-state index in [2.05, 4.69) is 23.5 Å². The predicted molar refractivity (Wildman–Crippen MR) is 101 cm³/mol. The number of piperidine rings is 1. The lowest BCUT2D eigenvalue weighted by Crippen LogP contribution is -2.53. The van der Waals surface area contributed by atoms with Gasteiger partial charge in [-0.2, -0.15) is 0 Å². The van der Waals surface area contributed by atoms with Gasteiger partial charge in [-0.05, 0) is 56.4 Å². The van der Waals surface area contributed by atoms with Gasteiger partial charge in [-0.15, -0.1) is 11.8 Å². The lowest BCUT2D eigenvalue weighted by molar-refractivity contribution is -0.146. The van der Waals surface area contributed by atoms with Gasteiger partial charge in [0.05, 0.1) is 5.75 Å². The summed E-state index contributed by atoms with van der Waals surface area (Å²) in [5.41, 5.74) is 1.53. The van der Waals surface area contributed by atoms with Crippen LogP contribution in [0.2, 0.25) is 0 Å². The largest absolute Gasteiger partial charge is 0.342 e. The van der Waals surface area contributed by atoms with Crippen LogP contribution in [0, 0.1) is 0 Å². The summed E-state index contributed by atoms with van der Waals surface area (Å²) in [5, 5.41) is 3.00. The first-order valence-corrected chi connectivity index (χ1v) is 10.4. The molecule has 5 nitrogen and oxygen atoms in total. The minimum atomic E-state index is -0.782. The molecule has 140 valence electrons. The van der Waals surface area contributed by atoms with Crippen molar-refractivity contribution in [1.29, 1.82) is 0 Å². The number of amides is 2. The third-order valence-corrected chi connectivity index (χ3v) is 6.67. The smallest absolute Gasteiger partial charge is 0.253 e. The molecule has 6 heteroatoms. The van der Waals surface area contributed by atoms with Gasteiger partial charge in [0.25, 0.3) is 5.91 Å². The van der Waals surface area contributed by atoms with Gasteiger partial charge in [0, 0.05) is 30.8 Å². The number of nitrogens with zero attached hydrogens (tertiary/aromatic N) is 1. The third-order valence-electron chi connectivity index (χ3n) is 5.69. The van der Waals surface area contributed by atoms with Gasteiger partial charge in [0.15, 0.2) is 0 Å². The first kappa shape index (κ1) is 17.9. The average Bonchev–Trinajstić information content (AvgIpc) is 3.15.